The summed E-state index contributed by atoms with van der Waals surface area (Å²) in [6.45, 7) is 0. The number of rotatable bonds is 0. The van der Waals surface area contributed by atoms with Crippen LogP contribution < -0.4 is 0 Å². The van der Waals surface area contributed by atoms with E-state index < -0.39 is 0 Å². The third kappa shape index (κ3) is 3.90. The zero-order valence-electron chi connectivity index (χ0n) is 9.03. The van der Waals surface area contributed by atoms with Crippen LogP contribution in [0, 0.1) is 0 Å². The molecule has 2 N–H and O–H groups in total. The fourth-order valence-corrected chi connectivity index (χ4v) is 1.68. The van der Waals surface area contributed by atoms with Crippen LogP contribution in [0.25, 0.3) is 0 Å². The van der Waals surface area contributed by atoms with E-state index in [1.54, 1.807) is 11.1 Å². The van der Waals surface area contributed by atoms with E-state index in [-0.39, 0.29) is 0 Å². The SMILES string of the molecule is CO.CO.c1ccc2c(c1)CCCC2. The van der Waals surface area contributed by atoms with Crippen LogP contribution in [0.1, 0.15) is 24.0 Å². The molecule has 1 aromatic rings. The van der Waals surface area contributed by atoms with Crippen molar-refractivity contribution in [1.82, 2.24) is 0 Å². The van der Waals surface area contributed by atoms with E-state index in [1.165, 1.54) is 25.7 Å². The standard InChI is InChI=1S/C10H12.2CH4O/c1-2-6-10-8-4-3-7-9(10)5-1;2*1-2/h1-2,5-6H,3-4,7-8H2;2*2H,1H3. The van der Waals surface area contributed by atoms with Crippen LogP contribution in [-0.4, -0.2) is 24.4 Å². The zero-order chi connectivity index (χ0) is 10.8. The van der Waals surface area contributed by atoms with Gasteiger partial charge in [0, 0.05) is 14.2 Å². The van der Waals surface area contributed by atoms with Gasteiger partial charge >= 0.3 is 0 Å². The number of hydrogen-bond donors (Lipinski definition) is 2. The second-order valence-corrected chi connectivity index (χ2v) is 2.98. The molecule has 0 fully saturated rings. The summed E-state index contributed by atoms with van der Waals surface area (Å²) in [5.74, 6) is 0. The highest BCUT2D eigenvalue weighted by molar-refractivity contribution is 5.28. The van der Waals surface area contributed by atoms with Crippen LogP contribution in [-0.2, 0) is 12.8 Å². The van der Waals surface area contributed by atoms with Crippen molar-refractivity contribution in [2.45, 2.75) is 25.7 Å². The molecule has 14 heavy (non-hydrogen) atoms. The number of benzene rings is 1. The maximum Gasteiger partial charge on any atom is 0.0319 e. The smallest absolute Gasteiger partial charge is 0.0319 e. The Bertz CT molecular complexity index is 209. The summed E-state index contributed by atoms with van der Waals surface area (Å²) in [7, 11) is 2.00. The minimum Gasteiger partial charge on any atom is -0.400 e. The first-order valence-corrected chi connectivity index (χ1v) is 4.93. The summed E-state index contributed by atoms with van der Waals surface area (Å²) in [6, 6.07) is 8.80. The van der Waals surface area contributed by atoms with Crippen LogP contribution in [0.2, 0.25) is 0 Å². The first-order chi connectivity index (χ1) is 6.97. The number of fused-ring (bicyclic) bond motifs is 1. The van der Waals surface area contributed by atoms with Gasteiger partial charge in [-0.15, -0.1) is 0 Å². The lowest BCUT2D eigenvalue weighted by Gasteiger charge is -2.13. The van der Waals surface area contributed by atoms with Gasteiger partial charge in [-0.1, -0.05) is 24.3 Å². The minimum atomic E-state index is 1.00. The van der Waals surface area contributed by atoms with E-state index in [0.29, 0.717) is 0 Å². The van der Waals surface area contributed by atoms with Gasteiger partial charge in [0.25, 0.3) is 0 Å². The Morgan fingerprint density at radius 2 is 1.14 bits per heavy atom. The van der Waals surface area contributed by atoms with Crippen LogP contribution >= 0.6 is 0 Å². The molecular formula is C12H20O2. The average molecular weight is 196 g/mol. The lowest BCUT2D eigenvalue weighted by Crippen LogP contribution is -2.00. The van der Waals surface area contributed by atoms with Gasteiger partial charge in [-0.2, -0.15) is 0 Å². The topological polar surface area (TPSA) is 40.5 Å². The fraction of sp³-hybridized carbons (Fsp3) is 0.500. The molecule has 2 heteroatoms. The molecule has 0 bridgehead atoms. The summed E-state index contributed by atoms with van der Waals surface area (Å²) < 4.78 is 0. The van der Waals surface area contributed by atoms with Crippen molar-refractivity contribution in [3.63, 3.8) is 0 Å². The molecule has 0 saturated carbocycles. The maximum absolute atomic E-state index is 7.00. The van der Waals surface area contributed by atoms with Crippen molar-refractivity contribution < 1.29 is 10.2 Å². The highest BCUT2D eigenvalue weighted by Gasteiger charge is 2.05. The Morgan fingerprint density at radius 1 is 0.786 bits per heavy atom. The van der Waals surface area contributed by atoms with Crippen LogP contribution in [0.5, 0.6) is 0 Å². The number of aliphatic hydroxyl groups excluding tert-OH is 2. The number of hydrogen-bond acceptors (Lipinski definition) is 2. The molecule has 0 unspecified atom stereocenters. The Kier molecular flexibility index (Phi) is 8.19. The van der Waals surface area contributed by atoms with Gasteiger partial charge in [0.2, 0.25) is 0 Å². The first kappa shape index (κ1) is 13.1. The molecule has 2 nitrogen and oxygen atoms in total. The number of aryl methyl sites for hydroxylation is 2. The van der Waals surface area contributed by atoms with E-state index in [2.05, 4.69) is 24.3 Å². The Hall–Kier alpha value is -0.860. The molecular weight excluding hydrogens is 176 g/mol. The minimum absolute atomic E-state index is 1.00. The lowest BCUT2D eigenvalue weighted by molar-refractivity contribution is 0.399. The highest BCUT2D eigenvalue weighted by Crippen LogP contribution is 2.19. The van der Waals surface area contributed by atoms with Gasteiger partial charge in [-0.3, -0.25) is 0 Å². The molecule has 0 saturated heterocycles. The van der Waals surface area contributed by atoms with Crippen LogP contribution in [0.15, 0.2) is 24.3 Å². The van der Waals surface area contributed by atoms with Gasteiger partial charge in [0.1, 0.15) is 0 Å². The molecule has 1 aromatic carbocycles. The summed E-state index contributed by atoms with van der Waals surface area (Å²) in [6.07, 6.45) is 5.38. The molecule has 0 aromatic heterocycles. The first-order valence-electron chi connectivity index (χ1n) is 4.93. The molecule has 0 amide bonds. The van der Waals surface area contributed by atoms with Crippen molar-refractivity contribution in [3.05, 3.63) is 35.4 Å². The summed E-state index contributed by atoms with van der Waals surface area (Å²) in [5, 5.41) is 14.0. The second-order valence-electron chi connectivity index (χ2n) is 2.98. The van der Waals surface area contributed by atoms with Crippen LogP contribution in [0.3, 0.4) is 0 Å². The highest BCUT2D eigenvalue weighted by atomic mass is 16.2. The molecule has 0 radical (unpaired) electrons. The van der Waals surface area contributed by atoms with Crippen molar-refractivity contribution >= 4 is 0 Å². The third-order valence-electron chi connectivity index (χ3n) is 2.26. The predicted octanol–water partition coefficient (Wildman–Crippen LogP) is 1.78. The van der Waals surface area contributed by atoms with E-state index in [4.69, 9.17) is 10.2 Å². The van der Waals surface area contributed by atoms with Gasteiger partial charge in [0.05, 0.1) is 0 Å². The molecule has 1 aliphatic rings. The molecule has 2 rings (SSSR count). The molecule has 80 valence electrons. The molecule has 0 aliphatic heterocycles. The van der Waals surface area contributed by atoms with Gasteiger partial charge < -0.3 is 10.2 Å². The Balaban J connectivity index is 0.000000379. The lowest BCUT2D eigenvalue weighted by atomic mass is 9.92. The quantitative estimate of drug-likeness (QED) is 0.664. The molecule has 0 spiro atoms. The summed E-state index contributed by atoms with van der Waals surface area (Å²) >= 11 is 0. The maximum atomic E-state index is 7.00. The van der Waals surface area contributed by atoms with E-state index in [1.807, 2.05) is 0 Å². The number of aliphatic hydroxyl groups is 2. The van der Waals surface area contributed by atoms with Gasteiger partial charge in [0.15, 0.2) is 0 Å². The van der Waals surface area contributed by atoms with Gasteiger partial charge in [-0.05, 0) is 36.8 Å². The predicted molar refractivity (Wildman–Crippen MR) is 59.4 cm³/mol. The van der Waals surface area contributed by atoms with Crippen molar-refractivity contribution in [1.29, 1.82) is 0 Å². The normalized spacial score (nSPS) is 12.6. The molecule has 0 heterocycles. The van der Waals surface area contributed by atoms with Crippen molar-refractivity contribution in [3.8, 4) is 0 Å². The third-order valence-corrected chi connectivity index (χ3v) is 2.26. The monoisotopic (exact) mass is 196 g/mol. The second kappa shape index (κ2) is 8.73. The zero-order valence-corrected chi connectivity index (χ0v) is 9.03. The largest absolute Gasteiger partial charge is 0.400 e. The van der Waals surface area contributed by atoms with Crippen molar-refractivity contribution in [2.75, 3.05) is 14.2 Å². The van der Waals surface area contributed by atoms with E-state index in [9.17, 15) is 0 Å². The van der Waals surface area contributed by atoms with Crippen LogP contribution in [0.4, 0.5) is 0 Å². The van der Waals surface area contributed by atoms with Crippen molar-refractivity contribution in [2.24, 2.45) is 0 Å². The van der Waals surface area contributed by atoms with Gasteiger partial charge in [-0.25, -0.2) is 0 Å². The summed E-state index contributed by atoms with van der Waals surface area (Å²) in [5.41, 5.74) is 3.16. The molecule has 1 aliphatic carbocycles. The molecule has 0 atom stereocenters. The van der Waals surface area contributed by atoms with E-state index in [0.717, 1.165) is 14.2 Å². The average Bonchev–Trinajstić information content (AvgIpc) is 2.34. The Labute approximate surface area is 86.2 Å². The summed E-state index contributed by atoms with van der Waals surface area (Å²) in [4.78, 5) is 0. The Morgan fingerprint density at radius 3 is 1.50 bits per heavy atom. The van der Waals surface area contributed by atoms with E-state index >= 15 is 0 Å². The fourth-order valence-electron chi connectivity index (χ4n) is 1.68.